The van der Waals surface area contributed by atoms with Crippen LogP contribution in [-0.4, -0.2) is 16.5 Å². The van der Waals surface area contributed by atoms with Crippen LogP contribution in [-0.2, 0) is 13.0 Å². The lowest BCUT2D eigenvalue weighted by molar-refractivity contribution is 0.640. The van der Waals surface area contributed by atoms with E-state index in [0.29, 0.717) is 5.92 Å². The average molecular weight is 293 g/mol. The van der Waals surface area contributed by atoms with Crippen molar-refractivity contribution >= 4 is 28.2 Å². The quantitative estimate of drug-likeness (QED) is 0.815. The normalized spacial score (nSPS) is 10.9. The molecule has 0 aliphatic rings. The summed E-state index contributed by atoms with van der Waals surface area (Å²) in [7, 11) is 0. The number of nitrogens with zero attached hydrogens (tertiary/aromatic N) is 2. The van der Waals surface area contributed by atoms with Crippen LogP contribution in [0.5, 0.6) is 0 Å². The minimum atomic E-state index is 0.625. The van der Waals surface area contributed by atoms with E-state index in [1.165, 1.54) is 10.5 Å². The second-order valence-electron chi connectivity index (χ2n) is 4.80. The lowest BCUT2D eigenvalue weighted by Crippen LogP contribution is -1.98. The van der Waals surface area contributed by atoms with E-state index in [1.54, 1.807) is 23.1 Å². The monoisotopic (exact) mass is 293 g/mol. The first kappa shape index (κ1) is 14.3. The first-order chi connectivity index (χ1) is 9.17. The van der Waals surface area contributed by atoms with E-state index >= 15 is 0 Å². The Bertz CT molecular complexity index is 506. The molecule has 0 atom stereocenters. The summed E-state index contributed by atoms with van der Waals surface area (Å²) < 4.78 is 0. The van der Waals surface area contributed by atoms with E-state index in [0.717, 1.165) is 23.1 Å². The van der Waals surface area contributed by atoms with Crippen LogP contribution in [0.3, 0.4) is 0 Å². The number of thioether (sulfide) groups is 1. The molecule has 2 rings (SSSR count). The van der Waals surface area contributed by atoms with Gasteiger partial charge in [0.25, 0.3) is 0 Å². The van der Waals surface area contributed by atoms with Crippen molar-refractivity contribution in [1.82, 2.24) is 10.2 Å². The summed E-state index contributed by atoms with van der Waals surface area (Å²) in [6.45, 7) is 5.19. The van der Waals surface area contributed by atoms with Crippen LogP contribution in [0.15, 0.2) is 29.2 Å². The molecule has 0 aliphatic heterocycles. The number of hydrogen-bond donors (Lipinski definition) is 1. The van der Waals surface area contributed by atoms with E-state index in [1.807, 2.05) is 0 Å². The van der Waals surface area contributed by atoms with Gasteiger partial charge in [0.1, 0.15) is 5.01 Å². The van der Waals surface area contributed by atoms with Gasteiger partial charge < -0.3 is 5.32 Å². The molecule has 0 saturated carbocycles. The smallest absolute Gasteiger partial charge is 0.205 e. The first-order valence-electron chi connectivity index (χ1n) is 6.36. The van der Waals surface area contributed by atoms with E-state index in [2.05, 4.69) is 59.9 Å². The molecular weight excluding hydrogens is 274 g/mol. The molecule has 0 spiro atoms. The summed E-state index contributed by atoms with van der Waals surface area (Å²) in [5, 5.41) is 13.7. The Kier molecular flexibility index (Phi) is 5.22. The second kappa shape index (κ2) is 6.91. The number of anilines is 1. The third-order valence-electron chi connectivity index (χ3n) is 2.65. The van der Waals surface area contributed by atoms with Crippen molar-refractivity contribution in [3.63, 3.8) is 0 Å². The van der Waals surface area contributed by atoms with Gasteiger partial charge in [0.05, 0.1) is 0 Å². The van der Waals surface area contributed by atoms with Crippen LogP contribution in [0.25, 0.3) is 0 Å². The number of benzene rings is 1. The highest BCUT2D eigenvalue weighted by atomic mass is 32.2. The molecule has 0 amide bonds. The fraction of sp³-hybridized carbons (Fsp3) is 0.429. The first-order valence-corrected chi connectivity index (χ1v) is 8.40. The summed E-state index contributed by atoms with van der Waals surface area (Å²) in [6.07, 6.45) is 3.09. The van der Waals surface area contributed by atoms with Gasteiger partial charge in [-0.15, -0.1) is 22.0 Å². The summed E-state index contributed by atoms with van der Waals surface area (Å²) in [4.78, 5) is 1.29. The largest absolute Gasteiger partial charge is 0.356 e. The van der Waals surface area contributed by atoms with Gasteiger partial charge in [-0.25, -0.2) is 0 Å². The zero-order chi connectivity index (χ0) is 13.7. The van der Waals surface area contributed by atoms with Crippen LogP contribution >= 0.6 is 23.1 Å². The molecule has 2 aromatic rings. The molecule has 0 unspecified atom stereocenters. The lowest BCUT2D eigenvalue weighted by Gasteiger charge is -2.03. The van der Waals surface area contributed by atoms with Gasteiger partial charge in [-0.3, -0.25) is 0 Å². The molecule has 1 aromatic heterocycles. The highest BCUT2D eigenvalue weighted by Gasteiger charge is 2.05. The Morgan fingerprint density at radius 3 is 2.58 bits per heavy atom. The van der Waals surface area contributed by atoms with Gasteiger partial charge in [-0.2, -0.15) is 0 Å². The van der Waals surface area contributed by atoms with Gasteiger partial charge >= 0.3 is 0 Å². The van der Waals surface area contributed by atoms with Crippen molar-refractivity contribution in [2.45, 2.75) is 31.7 Å². The van der Waals surface area contributed by atoms with Gasteiger partial charge in [0.2, 0.25) is 5.13 Å². The topological polar surface area (TPSA) is 37.8 Å². The summed E-state index contributed by atoms with van der Waals surface area (Å²) in [5.74, 6) is 0.625. The van der Waals surface area contributed by atoms with Crippen molar-refractivity contribution in [1.29, 1.82) is 0 Å². The summed E-state index contributed by atoms with van der Waals surface area (Å²) in [6, 6.07) is 8.59. The highest BCUT2D eigenvalue weighted by molar-refractivity contribution is 7.98. The van der Waals surface area contributed by atoms with Crippen LogP contribution in [0.2, 0.25) is 0 Å². The SMILES string of the molecule is CSc1ccc(CNc2nnc(CC(C)C)s2)cc1. The Morgan fingerprint density at radius 1 is 1.21 bits per heavy atom. The maximum Gasteiger partial charge on any atom is 0.205 e. The van der Waals surface area contributed by atoms with Gasteiger partial charge in [0.15, 0.2) is 0 Å². The van der Waals surface area contributed by atoms with E-state index < -0.39 is 0 Å². The third-order valence-corrected chi connectivity index (χ3v) is 4.30. The molecule has 1 aromatic carbocycles. The van der Waals surface area contributed by atoms with Crippen molar-refractivity contribution in [2.75, 3.05) is 11.6 Å². The molecule has 0 aliphatic carbocycles. The number of nitrogens with one attached hydrogen (secondary N) is 1. The third kappa shape index (κ3) is 4.51. The Morgan fingerprint density at radius 2 is 1.95 bits per heavy atom. The molecule has 0 saturated heterocycles. The zero-order valence-corrected chi connectivity index (χ0v) is 13.1. The molecule has 3 nitrogen and oxygen atoms in total. The fourth-order valence-corrected chi connectivity index (χ4v) is 3.03. The predicted octanol–water partition coefficient (Wildman–Crippen LogP) is 4.07. The molecule has 1 heterocycles. The molecule has 102 valence electrons. The zero-order valence-electron chi connectivity index (χ0n) is 11.5. The molecule has 0 radical (unpaired) electrons. The van der Waals surface area contributed by atoms with Crippen LogP contribution in [0, 0.1) is 5.92 Å². The standard InChI is InChI=1S/C14H19N3S2/c1-10(2)8-13-16-17-14(19-13)15-9-11-4-6-12(18-3)7-5-11/h4-7,10H,8-9H2,1-3H3,(H,15,17). The number of aromatic nitrogens is 2. The maximum atomic E-state index is 4.20. The van der Waals surface area contributed by atoms with Crippen LogP contribution in [0.4, 0.5) is 5.13 Å². The van der Waals surface area contributed by atoms with E-state index in [-0.39, 0.29) is 0 Å². The number of rotatable bonds is 6. The summed E-state index contributed by atoms with van der Waals surface area (Å²) >= 11 is 3.41. The maximum absolute atomic E-state index is 4.20. The predicted molar refractivity (Wildman–Crippen MR) is 84.0 cm³/mol. The van der Waals surface area contributed by atoms with Crippen molar-refractivity contribution in [2.24, 2.45) is 5.92 Å². The van der Waals surface area contributed by atoms with Crippen molar-refractivity contribution < 1.29 is 0 Å². The molecule has 19 heavy (non-hydrogen) atoms. The van der Waals surface area contributed by atoms with E-state index in [9.17, 15) is 0 Å². The summed E-state index contributed by atoms with van der Waals surface area (Å²) in [5.41, 5.74) is 1.26. The van der Waals surface area contributed by atoms with Crippen LogP contribution < -0.4 is 5.32 Å². The second-order valence-corrected chi connectivity index (χ2v) is 6.74. The Hall–Kier alpha value is -1.07. The van der Waals surface area contributed by atoms with Crippen LogP contribution in [0.1, 0.15) is 24.4 Å². The van der Waals surface area contributed by atoms with Crippen molar-refractivity contribution in [3.05, 3.63) is 34.8 Å². The minimum absolute atomic E-state index is 0.625. The van der Waals surface area contributed by atoms with Gasteiger partial charge in [-0.05, 0) is 29.9 Å². The minimum Gasteiger partial charge on any atom is -0.356 e. The molecule has 5 heteroatoms. The van der Waals surface area contributed by atoms with Gasteiger partial charge in [0, 0.05) is 17.9 Å². The molecule has 0 fully saturated rings. The van der Waals surface area contributed by atoms with Gasteiger partial charge in [-0.1, -0.05) is 37.3 Å². The molecule has 0 bridgehead atoms. The highest BCUT2D eigenvalue weighted by Crippen LogP contribution is 2.20. The Balaban J connectivity index is 1.89. The average Bonchev–Trinajstić information content (AvgIpc) is 2.84. The lowest BCUT2D eigenvalue weighted by atomic mass is 10.1. The fourth-order valence-electron chi connectivity index (χ4n) is 1.68. The van der Waals surface area contributed by atoms with Crippen molar-refractivity contribution in [3.8, 4) is 0 Å². The Labute approximate surface area is 122 Å². The molecule has 1 N–H and O–H groups in total. The number of hydrogen-bond acceptors (Lipinski definition) is 5. The molecular formula is C14H19N3S2. The van der Waals surface area contributed by atoms with E-state index in [4.69, 9.17) is 0 Å².